The van der Waals surface area contributed by atoms with Crippen LogP contribution in [0.5, 0.6) is 0 Å². The molecule has 6 atom stereocenters. The highest BCUT2D eigenvalue weighted by molar-refractivity contribution is 5.98. The first-order valence-corrected chi connectivity index (χ1v) is 33.3. The Morgan fingerprint density at radius 3 is 1.40 bits per heavy atom. The summed E-state index contributed by atoms with van der Waals surface area (Å²) in [6, 6.07) is 45.3. The molecule has 19 heteroatoms. The topological polar surface area (TPSA) is 266 Å². The van der Waals surface area contributed by atoms with Crippen LogP contribution in [0.4, 0.5) is 4.79 Å². The predicted molar refractivity (Wildman–Crippen MR) is 368 cm³/mol. The van der Waals surface area contributed by atoms with Crippen molar-refractivity contribution in [1.82, 2.24) is 37.2 Å². The maximum atomic E-state index is 15.0. The maximum Gasteiger partial charge on any atom is 0.413 e. The molecule has 510 valence electrons. The van der Waals surface area contributed by atoms with E-state index in [0.29, 0.717) is 0 Å². The molecule has 0 aromatic heterocycles. The van der Waals surface area contributed by atoms with E-state index in [1.54, 1.807) is 58.9 Å². The van der Waals surface area contributed by atoms with Gasteiger partial charge in [0.1, 0.15) is 48.5 Å². The number of amides is 7. The molecule has 0 unspecified atom stereocenters. The second-order valence-electron chi connectivity index (χ2n) is 27.2. The molecule has 0 radical (unpaired) electrons. The van der Waals surface area contributed by atoms with Gasteiger partial charge in [0, 0.05) is 12.3 Å². The number of carbonyl (C=O) groups is 9. The Morgan fingerprint density at radius 1 is 0.458 bits per heavy atom. The van der Waals surface area contributed by atoms with Gasteiger partial charge in [-0.25, -0.2) is 9.59 Å². The molecule has 0 fully saturated rings. The van der Waals surface area contributed by atoms with Crippen molar-refractivity contribution in [2.75, 3.05) is 6.61 Å². The van der Waals surface area contributed by atoms with Gasteiger partial charge in [-0.1, -0.05) is 225 Å². The fraction of sp³-hybridized carbons (Fsp3) is 0.416. The van der Waals surface area contributed by atoms with Crippen molar-refractivity contribution in [3.63, 3.8) is 0 Å². The van der Waals surface area contributed by atoms with E-state index in [9.17, 15) is 38.4 Å². The quantitative estimate of drug-likeness (QED) is 0.0118. The number of hydrogen-bond acceptors (Lipinski definition) is 13. The van der Waals surface area contributed by atoms with Gasteiger partial charge in [-0.2, -0.15) is 0 Å². The van der Waals surface area contributed by atoms with Crippen molar-refractivity contribution in [3.8, 4) is 11.1 Å². The van der Waals surface area contributed by atoms with Crippen LogP contribution in [0.15, 0.2) is 170 Å². The van der Waals surface area contributed by atoms with E-state index in [1.165, 1.54) is 0 Å². The average Bonchev–Trinajstić information content (AvgIpc) is 1.14. The average molecular weight is 1310 g/mol. The van der Waals surface area contributed by atoms with Gasteiger partial charge in [0.05, 0.1) is 18.5 Å². The number of benzene rings is 6. The molecule has 0 bridgehead atoms. The zero-order chi connectivity index (χ0) is 69.7. The molecule has 7 rings (SSSR count). The van der Waals surface area contributed by atoms with E-state index in [-0.39, 0.29) is 69.0 Å². The summed E-state index contributed by atoms with van der Waals surface area (Å²) in [7, 11) is 0. The van der Waals surface area contributed by atoms with Gasteiger partial charge in [0.15, 0.2) is 0 Å². The van der Waals surface area contributed by atoms with E-state index < -0.39 is 113 Å². The molecule has 6 aromatic carbocycles. The fourth-order valence-electron chi connectivity index (χ4n) is 12.0. The monoisotopic (exact) mass is 1310 g/mol. The summed E-state index contributed by atoms with van der Waals surface area (Å²) in [4.78, 5) is 129. The Morgan fingerprint density at radius 2 is 0.896 bits per heavy atom. The van der Waals surface area contributed by atoms with Gasteiger partial charge in [-0.15, -0.1) is 0 Å². The summed E-state index contributed by atoms with van der Waals surface area (Å²) in [5.41, 5.74) is 4.81. The zero-order valence-electron chi connectivity index (χ0n) is 57.1. The van der Waals surface area contributed by atoms with Crippen LogP contribution in [0, 0.1) is 23.7 Å². The zero-order valence-corrected chi connectivity index (χ0v) is 57.1. The summed E-state index contributed by atoms with van der Waals surface area (Å²) in [6.07, 6.45) is -1.82. The fourth-order valence-corrected chi connectivity index (χ4v) is 12.0. The first-order chi connectivity index (χ1) is 45.7. The number of nitrogens with one attached hydrogen (secondary N) is 7. The smallest absolute Gasteiger partial charge is 0.413 e. The molecule has 19 nitrogen and oxygen atoms in total. The first kappa shape index (κ1) is 73.9. The highest BCUT2D eigenvalue weighted by Gasteiger charge is 2.41. The lowest BCUT2D eigenvalue weighted by Gasteiger charge is -2.37. The van der Waals surface area contributed by atoms with Crippen LogP contribution in [0.1, 0.15) is 154 Å². The second-order valence-corrected chi connectivity index (χ2v) is 27.2. The van der Waals surface area contributed by atoms with Crippen LogP contribution in [0.2, 0.25) is 0 Å². The van der Waals surface area contributed by atoms with Gasteiger partial charge in [0.25, 0.3) is 0 Å². The minimum absolute atomic E-state index is 0.0587. The van der Waals surface area contributed by atoms with Crippen molar-refractivity contribution in [2.24, 2.45) is 23.7 Å². The van der Waals surface area contributed by atoms with E-state index in [0.717, 1.165) is 44.5 Å². The summed E-state index contributed by atoms with van der Waals surface area (Å²) in [5.74, 6) is -7.46. The van der Waals surface area contributed by atoms with Crippen molar-refractivity contribution < 1.29 is 57.4 Å². The summed E-state index contributed by atoms with van der Waals surface area (Å²) < 4.78 is 17.0. The number of esters is 2. The highest BCUT2D eigenvalue weighted by atomic mass is 16.6. The van der Waals surface area contributed by atoms with E-state index >= 15 is 4.79 Å². The molecule has 7 amide bonds. The summed E-state index contributed by atoms with van der Waals surface area (Å²) in [6.45, 7) is 19.3. The molecular formula is C77H95N7O12. The SMILES string of the molecule is CC(C)C[C@H](N[C@@H](CCC(=O)NC(c1ccccc1)(c1ccccc1)c1ccccc1)C(=O)NC(=O)OCC1c2ccccc2-c2ccccc21)C(=O)N[C@H](CC(C)C)C(=O)N[C@H](C(=O)N[C@@H](CC(=O)OC(C)(C)C)C(=O)N[C@H](CC(C)C)C(=O)OCc1ccccc1)C(C)C. The van der Waals surface area contributed by atoms with Crippen molar-refractivity contribution >= 4 is 53.5 Å². The van der Waals surface area contributed by atoms with Gasteiger partial charge in [-0.05, 0) is 115 Å². The molecule has 0 saturated heterocycles. The minimum Gasteiger partial charge on any atom is -0.460 e. The molecule has 7 N–H and O–H groups in total. The molecule has 6 aromatic rings. The van der Waals surface area contributed by atoms with Gasteiger partial charge >= 0.3 is 18.0 Å². The Balaban J connectivity index is 1.13. The van der Waals surface area contributed by atoms with E-state index in [4.69, 9.17) is 14.2 Å². The molecule has 0 heterocycles. The van der Waals surface area contributed by atoms with Crippen LogP contribution in [-0.2, 0) is 64.7 Å². The summed E-state index contributed by atoms with van der Waals surface area (Å²) in [5, 5.41) is 20.0. The van der Waals surface area contributed by atoms with Gasteiger partial charge in [0.2, 0.25) is 35.4 Å². The molecule has 1 aliphatic carbocycles. The number of imide groups is 1. The lowest BCUT2D eigenvalue weighted by atomic mass is 9.77. The third-order valence-electron chi connectivity index (χ3n) is 16.5. The van der Waals surface area contributed by atoms with Crippen LogP contribution >= 0.6 is 0 Å². The Hall–Kier alpha value is -9.49. The molecular weight excluding hydrogens is 1210 g/mol. The second kappa shape index (κ2) is 34.8. The standard InChI is InChI=1S/C77H95N7O12/c1-48(2)42-62(70(88)79-63(43-49(3)4)72(90)82-68(51(7)8)73(91)80-64(45-67(86)96-76(9,10)11)71(89)81-65(44-50(5)6)74(92)94-46-52-28-16-12-17-29-52)78-61(69(87)83-75(93)95-47-60-58-38-26-24-36-56(58)57-37-25-27-39-59(57)60)40-41-66(85)84-77(53-30-18-13-19-31-53,54-32-20-14-21-33-54)55-34-22-15-23-35-55/h12-39,48-51,60-65,68,78H,40-47H2,1-11H3,(H,79,88)(H,80,91)(H,81,89)(H,82,90)(H,84,85)(H,83,87,93)/t61-,62-,63+,64-,65+,68-/m0/s1. The third-order valence-corrected chi connectivity index (χ3v) is 16.5. The number of ether oxygens (including phenoxy) is 3. The van der Waals surface area contributed by atoms with E-state index in [2.05, 4.69) is 37.2 Å². The number of rotatable bonds is 32. The van der Waals surface area contributed by atoms with Gasteiger partial charge < -0.3 is 40.8 Å². The van der Waals surface area contributed by atoms with Crippen LogP contribution in [-0.4, -0.2) is 102 Å². The van der Waals surface area contributed by atoms with Gasteiger partial charge in [-0.3, -0.25) is 44.2 Å². The van der Waals surface area contributed by atoms with Crippen molar-refractivity contribution in [3.05, 3.63) is 203 Å². The number of carbonyl (C=O) groups excluding carboxylic acids is 9. The maximum absolute atomic E-state index is 15.0. The third kappa shape index (κ3) is 21.0. The molecule has 1 aliphatic rings. The van der Waals surface area contributed by atoms with Crippen LogP contribution < -0.4 is 37.2 Å². The first-order valence-electron chi connectivity index (χ1n) is 33.3. The summed E-state index contributed by atoms with van der Waals surface area (Å²) >= 11 is 0. The molecule has 0 aliphatic heterocycles. The minimum atomic E-state index is -1.59. The lowest BCUT2D eigenvalue weighted by Crippen LogP contribution is -2.61. The van der Waals surface area contributed by atoms with Crippen LogP contribution in [0.3, 0.4) is 0 Å². The normalized spacial score (nSPS) is 14.0. The molecule has 96 heavy (non-hydrogen) atoms. The number of fused-ring (bicyclic) bond motifs is 3. The Labute approximate surface area is 564 Å². The number of alkyl carbamates (subject to hydrolysis) is 1. The largest absolute Gasteiger partial charge is 0.460 e. The van der Waals surface area contributed by atoms with Crippen molar-refractivity contribution in [1.29, 1.82) is 0 Å². The predicted octanol–water partition coefficient (Wildman–Crippen LogP) is 10.5. The van der Waals surface area contributed by atoms with Crippen LogP contribution in [0.25, 0.3) is 11.1 Å². The Kier molecular flexibility index (Phi) is 26.8. The van der Waals surface area contributed by atoms with Crippen molar-refractivity contribution in [2.45, 2.75) is 175 Å². The molecule has 0 spiro atoms. The lowest BCUT2D eigenvalue weighted by molar-refractivity contribution is -0.157. The van der Waals surface area contributed by atoms with E-state index in [1.807, 2.05) is 187 Å². The number of hydrogen-bond donors (Lipinski definition) is 7. The Bertz CT molecular complexity index is 3450. The highest BCUT2D eigenvalue weighted by Crippen LogP contribution is 2.44. The molecule has 0 saturated carbocycles.